The van der Waals surface area contributed by atoms with E-state index in [9.17, 15) is 8.78 Å². The third-order valence-corrected chi connectivity index (χ3v) is 5.73. The molecule has 2 aromatic carbocycles. The molecule has 3 rings (SSSR count). The summed E-state index contributed by atoms with van der Waals surface area (Å²) in [5.41, 5.74) is 3.64. The van der Waals surface area contributed by atoms with Crippen molar-refractivity contribution in [2.75, 3.05) is 0 Å². The number of hydrogen-bond acceptors (Lipinski definition) is 0. The maximum Gasteiger partial charge on any atom is 0.123 e. The smallest absolute Gasteiger partial charge is 0.123 e. The Morgan fingerprint density at radius 1 is 0.808 bits per heavy atom. The summed E-state index contributed by atoms with van der Waals surface area (Å²) in [6, 6.07) is 15.5. The standard InChI is InChI=1S/C24H28F2/c25-18-4-2-1-3-5-19-6-8-20(9-7-19)21-10-12-22(13-11-21)23-14-16-24(26)17-15-23/h4,10-20H,1-3,5-9H2/b18-4+. The predicted molar refractivity (Wildman–Crippen MR) is 105 cm³/mol. The van der Waals surface area contributed by atoms with Crippen molar-refractivity contribution < 1.29 is 8.78 Å². The van der Waals surface area contributed by atoms with Gasteiger partial charge in [0.2, 0.25) is 0 Å². The van der Waals surface area contributed by atoms with Crippen LogP contribution in [-0.2, 0) is 0 Å². The maximum atomic E-state index is 13.1. The zero-order chi connectivity index (χ0) is 18.2. The summed E-state index contributed by atoms with van der Waals surface area (Å²) >= 11 is 0. The molecule has 1 aliphatic rings. The number of halogens is 2. The van der Waals surface area contributed by atoms with Crippen LogP contribution < -0.4 is 0 Å². The number of rotatable bonds is 7. The van der Waals surface area contributed by atoms with E-state index < -0.39 is 0 Å². The van der Waals surface area contributed by atoms with Crippen LogP contribution in [-0.4, -0.2) is 0 Å². The van der Waals surface area contributed by atoms with E-state index in [0.717, 1.165) is 29.9 Å². The van der Waals surface area contributed by atoms with Gasteiger partial charge in [-0.25, -0.2) is 8.78 Å². The number of unbranched alkanes of at least 4 members (excludes halogenated alkanes) is 2. The summed E-state index contributed by atoms with van der Waals surface area (Å²) in [5.74, 6) is 1.32. The molecular weight excluding hydrogens is 326 g/mol. The Balaban J connectivity index is 1.48. The largest absolute Gasteiger partial charge is 0.216 e. The van der Waals surface area contributed by atoms with E-state index >= 15 is 0 Å². The quantitative estimate of drug-likeness (QED) is 0.445. The van der Waals surface area contributed by atoms with Gasteiger partial charge in [-0.2, -0.15) is 0 Å². The minimum absolute atomic E-state index is 0.194. The lowest BCUT2D eigenvalue weighted by atomic mass is 9.77. The molecule has 1 fully saturated rings. The SMILES string of the molecule is F/C=C/CCCCC1CCC(c2ccc(-c3ccc(F)cc3)cc2)CC1. The van der Waals surface area contributed by atoms with Crippen molar-refractivity contribution in [2.45, 2.75) is 57.3 Å². The molecule has 0 bridgehead atoms. The highest BCUT2D eigenvalue weighted by Gasteiger charge is 2.22. The van der Waals surface area contributed by atoms with Crippen LogP contribution in [0.15, 0.2) is 60.9 Å². The van der Waals surface area contributed by atoms with E-state index in [-0.39, 0.29) is 5.82 Å². The van der Waals surface area contributed by atoms with E-state index in [1.807, 2.05) is 12.1 Å². The molecule has 0 nitrogen and oxygen atoms in total. The Morgan fingerprint density at radius 2 is 1.42 bits per heavy atom. The van der Waals surface area contributed by atoms with Gasteiger partial charge >= 0.3 is 0 Å². The molecule has 0 unspecified atom stereocenters. The first-order valence-electron chi connectivity index (χ1n) is 9.87. The summed E-state index contributed by atoms with van der Waals surface area (Å²) in [4.78, 5) is 0. The summed E-state index contributed by atoms with van der Waals surface area (Å²) < 4.78 is 25.0. The van der Waals surface area contributed by atoms with Crippen LogP contribution in [0.1, 0.15) is 62.8 Å². The van der Waals surface area contributed by atoms with E-state index in [1.54, 1.807) is 6.08 Å². The van der Waals surface area contributed by atoms with E-state index in [1.165, 1.54) is 56.2 Å². The lowest BCUT2D eigenvalue weighted by molar-refractivity contribution is 0.303. The molecule has 0 heterocycles. The first kappa shape index (κ1) is 18.8. The monoisotopic (exact) mass is 354 g/mol. The van der Waals surface area contributed by atoms with Crippen molar-refractivity contribution in [1.29, 1.82) is 0 Å². The molecule has 2 heteroatoms. The lowest BCUT2D eigenvalue weighted by Gasteiger charge is -2.29. The summed E-state index contributed by atoms with van der Waals surface area (Å²) in [7, 11) is 0. The van der Waals surface area contributed by atoms with Crippen molar-refractivity contribution >= 4 is 0 Å². The first-order valence-corrected chi connectivity index (χ1v) is 9.87. The summed E-state index contributed by atoms with van der Waals surface area (Å²) in [6.45, 7) is 0. The molecule has 0 amide bonds. The van der Waals surface area contributed by atoms with Crippen LogP contribution in [0.25, 0.3) is 11.1 Å². The molecule has 26 heavy (non-hydrogen) atoms. The Kier molecular flexibility index (Phi) is 6.99. The molecule has 2 aromatic rings. The zero-order valence-corrected chi connectivity index (χ0v) is 15.3. The highest BCUT2D eigenvalue weighted by atomic mass is 19.1. The van der Waals surface area contributed by atoms with Gasteiger partial charge in [0.25, 0.3) is 0 Å². The molecule has 0 radical (unpaired) electrons. The molecular formula is C24H28F2. The topological polar surface area (TPSA) is 0 Å². The minimum atomic E-state index is -0.194. The molecule has 1 aliphatic carbocycles. The fraction of sp³-hybridized carbons (Fsp3) is 0.417. The van der Waals surface area contributed by atoms with Gasteiger partial charge in [0, 0.05) is 0 Å². The van der Waals surface area contributed by atoms with Crippen molar-refractivity contribution in [1.82, 2.24) is 0 Å². The Morgan fingerprint density at radius 3 is 2.04 bits per heavy atom. The van der Waals surface area contributed by atoms with Crippen LogP contribution in [0.3, 0.4) is 0 Å². The van der Waals surface area contributed by atoms with Gasteiger partial charge in [-0.05, 0) is 79.2 Å². The molecule has 138 valence electrons. The van der Waals surface area contributed by atoms with E-state index in [0.29, 0.717) is 12.2 Å². The van der Waals surface area contributed by atoms with Crippen molar-refractivity contribution in [3.8, 4) is 11.1 Å². The second-order valence-electron chi connectivity index (χ2n) is 7.49. The average molecular weight is 354 g/mol. The van der Waals surface area contributed by atoms with Gasteiger partial charge in [-0.15, -0.1) is 0 Å². The number of benzene rings is 2. The summed E-state index contributed by atoms with van der Waals surface area (Å²) in [6.07, 6.45) is 11.9. The van der Waals surface area contributed by atoms with Crippen molar-refractivity contribution in [3.05, 3.63) is 72.3 Å². The third kappa shape index (κ3) is 5.27. The van der Waals surface area contributed by atoms with Gasteiger partial charge in [0.15, 0.2) is 0 Å². The minimum Gasteiger partial charge on any atom is -0.216 e. The molecule has 0 saturated heterocycles. The van der Waals surface area contributed by atoms with Crippen LogP contribution >= 0.6 is 0 Å². The Hall–Kier alpha value is -1.96. The highest BCUT2D eigenvalue weighted by molar-refractivity contribution is 5.63. The predicted octanol–water partition coefficient (Wildman–Crippen LogP) is 7.81. The number of hydrogen-bond donors (Lipinski definition) is 0. The molecule has 0 N–H and O–H groups in total. The maximum absolute atomic E-state index is 13.1. The van der Waals surface area contributed by atoms with Gasteiger partial charge in [0.05, 0.1) is 6.33 Å². The third-order valence-electron chi connectivity index (χ3n) is 5.73. The molecule has 0 aliphatic heterocycles. The van der Waals surface area contributed by atoms with Crippen molar-refractivity contribution in [3.63, 3.8) is 0 Å². The van der Waals surface area contributed by atoms with Crippen molar-refractivity contribution in [2.24, 2.45) is 5.92 Å². The fourth-order valence-electron chi connectivity index (χ4n) is 4.13. The Bertz CT molecular complexity index is 677. The van der Waals surface area contributed by atoms with Crippen LogP contribution in [0, 0.1) is 11.7 Å². The first-order chi connectivity index (χ1) is 12.8. The Labute approximate surface area is 156 Å². The second-order valence-corrected chi connectivity index (χ2v) is 7.49. The fourth-order valence-corrected chi connectivity index (χ4v) is 4.13. The molecule has 0 aromatic heterocycles. The summed E-state index contributed by atoms with van der Waals surface area (Å²) in [5, 5.41) is 0. The molecule has 1 saturated carbocycles. The normalized spacial score (nSPS) is 20.5. The molecule has 0 spiro atoms. The lowest BCUT2D eigenvalue weighted by Crippen LogP contribution is -2.13. The average Bonchev–Trinajstić information content (AvgIpc) is 2.69. The molecule has 0 atom stereocenters. The zero-order valence-electron chi connectivity index (χ0n) is 15.3. The van der Waals surface area contributed by atoms with Crippen LogP contribution in [0.2, 0.25) is 0 Å². The van der Waals surface area contributed by atoms with E-state index in [4.69, 9.17) is 0 Å². The van der Waals surface area contributed by atoms with Crippen LogP contribution in [0.4, 0.5) is 8.78 Å². The van der Waals surface area contributed by atoms with Gasteiger partial charge < -0.3 is 0 Å². The van der Waals surface area contributed by atoms with Gasteiger partial charge in [-0.3, -0.25) is 0 Å². The van der Waals surface area contributed by atoms with Gasteiger partial charge in [0.1, 0.15) is 5.82 Å². The van der Waals surface area contributed by atoms with Crippen LogP contribution in [0.5, 0.6) is 0 Å². The highest BCUT2D eigenvalue weighted by Crippen LogP contribution is 2.38. The van der Waals surface area contributed by atoms with Gasteiger partial charge in [-0.1, -0.05) is 55.3 Å². The number of allylic oxidation sites excluding steroid dienone is 1. The second kappa shape index (κ2) is 9.66. The van der Waals surface area contributed by atoms with E-state index in [2.05, 4.69) is 24.3 Å².